The minimum atomic E-state index is -0.331. The van der Waals surface area contributed by atoms with E-state index in [2.05, 4.69) is 21.7 Å². The predicted octanol–water partition coefficient (Wildman–Crippen LogP) is 4.88. The van der Waals surface area contributed by atoms with E-state index < -0.39 is 0 Å². The molecule has 8 heteroatoms. The van der Waals surface area contributed by atoms with Gasteiger partial charge in [0, 0.05) is 36.5 Å². The van der Waals surface area contributed by atoms with Crippen LogP contribution in [0.4, 0.5) is 0 Å². The Balaban J connectivity index is 1.33. The molecular weight excluding hydrogens is 516 g/mol. The summed E-state index contributed by atoms with van der Waals surface area (Å²) >= 11 is 0. The van der Waals surface area contributed by atoms with Crippen LogP contribution in [-0.4, -0.2) is 43.1 Å². The van der Waals surface area contributed by atoms with Crippen molar-refractivity contribution >= 4 is 22.7 Å². The molecule has 0 fully saturated rings. The van der Waals surface area contributed by atoms with Gasteiger partial charge in [-0.15, -0.1) is 0 Å². The molecule has 1 heterocycles. The van der Waals surface area contributed by atoms with E-state index in [0.29, 0.717) is 31.4 Å². The number of carbonyl (C=O) groups excluding carboxylic acids is 2. The smallest absolute Gasteiger partial charge is 0.258 e. The molecule has 1 atom stereocenters. The minimum absolute atomic E-state index is 0.0970. The zero-order valence-electron chi connectivity index (χ0n) is 23.3. The van der Waals surface area contributed by atoms with Crippen molar-refractivity contribution in [1.29, 1.82) is 5.26 Å². The van der Waals surface area contributed by atoms with Crippen molar-refractivity contribution in [2.45, 2.75) is 44.6 Å². The maximum atomic E-state index is 12.9. The van der Waals surface area contributed by atoms with Gasteiger partial charge in [-0.2, -0.15) is 5.26 Å². The Kier molecular flexibility index (Phi) is 10.8. The van der Waals surface area contributed by atoms with Crippen LogP contribution in [0, 0.1) is 11.3 Å². The van der Waals surface area contributed by atoms with Gasteiger partial charge in [0.2, 0.25) is 5.91 Å². The lowest BCUT2D eigenvalue weighted by Crippen LogP contribution is -2.46. The van der Waals surface area contributed by atoms with E-state index in [0.717, 1.165) is 46.2 Å². The number of nitrogens with one attached hydrogen (secondary N) is 3. The summed E-state index contributed by atoms with van der Waals surface area (Å²) in [5.41, 5.74) is 4.17. The topological polar surface area (TPSA) is 116 Å². The van der Waals surface area contributed by atoms with Crippen molar-refractivity contribution in [3.8, 4) is 17.6 Å². The average Bonchev–Trinajstić information content (AvgIpc) is 3.41. The van der Waals surface area contributed by atoms with Gasteiger partial charge in [-0.1, -0.05) is 48.5 Å². The highest BCUT2D eigenvalue weighted by molar-refractivity contribution is 5.83. The molecule has 0 saturated heterocycles. The molecule has 3 N–H and O–H groups in total. The third kappa shape index (κ3) is 8.87. The van der Waals surface area contributed by atoms with Crippen LogP contribution in [0.15, 0.2) is 79.0 Å². The van der Waals surface area contributed by atoms with Crippen LogP contribution in [0.1, 0.15) is 36.0 Å². The van der Waals surface area contributed by atoms with Gasteiger partial charge in [0.1, 0.15) is 11.5 Å². The lowest BCUT2D eigenvalue weighted by atomic mass is 10.0. The average molecular weight is 553 g/mol. The number of carbonyl (C=O) groups is 2. The first-order valence-electron chi connectivity index (χ1n) is 13.9. The summed E-state index contributed by atoms with van der Waals surface area (Å²) in [5.74, 6) is 0.997. The van der Waals surface area contributed by atoms with Gasteiger partial charge in [0.05, 0.1) is 19.2 Å². The number of benzene rings is 3. The van der Waals surface area contributed by atoms with Gasteiger partial charge < -0.3 is 25.1 Å². The van der Waals surface area contributed by atoms with Crippen molar-refractivity contribution in [2.24, 2.45) is 0 Å². The zero-order valence-corrected chi connectivity index (χ0v) is 23.3. The number of hydrogen-bond donors (Lipinski definition) is 3. The molecule has 0 aliphatic rings. The Morgan fingerprint density at radius 3 is 2.54 bits per heavy atom. The maximum absolute atomic E-state index is 12.9. The largest absolute Gasteiger partial charge is 0.496 e. The number of amides is 2. The number of aromatic nitrogens is 1. The van der Waals surface area contributed by atoms with Crippen molar-refractivity contribution in [3.63, 3.8) is 0 Å². The monoisotopic (exact) mass is 552 g/mol. The second-order valence-corrected chi connectivity index (χ2v) is 9.89. The van der Waals surface area contributed by atoms with Crippen LogP contribution in [0.5, 0.6) is 11.5 Å². The molecule has 2 amide bonds. The molecule has 4 rings (SSSR count). The zero-order chi connectivity index (χ0) is 28.9. The Labute approximate surface area is 240 Å². The molecule has 0 radical (unpaired) electrons. The van der Waals surface area contributed by atoms with Crippen molar-refractivity contribution < 1.29 is 19.1 Å². The molecule has 212 valence electrons. The van der Waals surface area contributed by atoms with E-state index in [9.17, 15) is 9.59 Å². The van der Waals surface area contributed by atoms with Gasteiger partial charge in [0.15, 0.2) is 6.61 Å². The highest BCUT2D eigenvalue weighted by Gasteiger charge is 2.17. The summed E-state index contributed by atoms with van der Waals surface area (Å²) in [5, 5.41) is 15.8. The number of aromatic amines is 1. The van der Waals surface area contributed by atoms with Gasteiger partial charge in [-0.3, -0.25) is 9.59 Å². The molecule has 41 heavy (non-hydrogen) atoms. The second-order valence-electron chi connectivity index (χ2n) is 9.89. The molecular formula is C33H36N4O4. The quantitative estimate of drug-likeness (QED) is 0.182. The van der Waals surface area contributed by atoms with Crippen molar-refractivity contribution in [2.75, 3.05) is 20.3 Å². The molecule has 0 spiro atoms. The molecule has 8 nitrogen and oxygen atoms in total. The third-order valence-electron chi connectivity index (χ3n) is 6.91. The molecule has 0 saturated carbocycles. The number of nitrogens with zero attached hydrogens (tertiary/aromatic N) is 1. The first-order chi connectivity index (χ1) is 20.1. The molecule has 0 bridgehead atoms. The van der Waals surface area contributed by atoms with Crippen LogP contribution in [0.3, 0.4) is 0 Å². The summed E-state index contributed by atoms with van der Waals surface area (Å²) in [6, 6.07) is 25.1. The van der Waals surface area contributed by atoms with Gasteiger partial charge in [-0.25, -0.2) is 0 Å². The van der Waals surface area contributed by atoms with E-state index >= 15 is 0 Å². The normalized spacial score (nSPS) is 11.4. The third-order valence-corrected chi connectivity index (χ3v) is 6.91. The first-order valence-corrected chi connectivity index (χ1v) is 13.9. The number of ether oxygens (including phenoxy) is 2. The Morgan fingerprint density at radius 2 is 1.73 bits per heavy atom. The Bertz CT molecular complexity index is 1470. The van der Waals surface area contributed by atoms with Gasteiger partial charge in [0.25, 0.3) is 5.91 Å². The summed E-state index contributed by atoms with van der Waals surface area (Å²) in [6.45, 7) is 0.146. The van der Waals surface area contributed by atoms with Crippen LogP contribution < -0.4 is 20.1 Å². The SMILES string of the molecule is COc1ccccc1CCC(=O)NCC(Cc1c[nH]c2ccccc12)NC(=O)COc1ccc(CCCC#N)cc1. The lowest BCUT2D eigenvalue weighted by molar-refractivity contribution is -0.125. The summed E-state index contributed by atoms with van der Waals surface area (Å²) in [6.07, 6.45) is 5.52. The Morgan fingerprint density at radius 1 is 0.951 bits per heavy atom. The fraction of sp³-hybridized carbons (Fsp3) is 0.303. The number of rotatable bonds is 15. The summed E-state index contributed by atoms with van der Waals surface area (Å²) < 4.78 is 11.1. The maximum Gasteiger partial charge on any atom is 0.258 e. The van der Waals surface area contributed by atoms with Crippen LogP contribution in [0.25, 0.3) is 10.9 Å². The molecule has 0 aliphatic carbocycles. The second kappa shape index (κ2) is 15.1. The fourth-order valence-electron chi connectivity index (χ4n) is 4.77. The first kappa shape index (κ1) is 29.2. The van der Waals surface area contributed by atoms with E-state index in [1.165, 1.54) is 0 Å². The highest BCUT2D eigenvalue weighted by atomic mass is 16.5. The van der Waals surface area contributed by atoms with E-state index in [4.69, 9.17) is 14.7 Å². The number of H-pyrrole nitrogens is 1. The van der Waals surface area contributed by atoms with Crippen molar-refractivity contribution in [1.82, 2.24) is 15.6 Å². The number of fused-ring (bicyclic) bond motifs is 1. The standard InChI is InChI=1S/C33H36N4O4/c1-40-31-12-5-2-9-25(31)15-18-32(38)36-22-27(20-26-21-35-30-11-4-3-10-29(26)30)37-33(39)23-41-28-16-13-24(14-17-28)8-6-7-19-34/h2-5,9-14,16-17,21,27,35H,6-8,15,18,20,22-23H2,1H3,(H,36,38)(H,37,39). The number of nitriles is 1. The van der Waals surface area contributed by atoms with Crippen LogP contribution >= 0.6 is 0 Å². The molecule has 1 unspecified atom stereocenters. The van der Waals surface area contributed by atoms with Crippen LogP contribution in [0.2, 0.25) is 0 Å². The molecule has 0 aliphatic heterocycles. The molecule has 1 aromatic heterocycles. The van der Waals surface area contributed by atoms with Crippen molar-refractivity contribution in [3.05, 3.63) is 95.7 Å². The number of aryl methyl sites for hydroxylation is 2. The predicted molar refractivity (Wildman–Crippen MR) is 159 cm³/mol. The van der Waals surface area contributed by atoms with E-state index in [1.807, 2.05) is 79.0 Å². The molecule has 4 aromatic rings. The van der Waals surface area contributed by atoms with Crippen LogP contribution in [-0.2, 0) is 28.9 Å². The number of unbranched alkanes of at least 4 members (excludes halogenated alkanes) is 1. The van der Waals surface area contributed by atoms with E-state index in [-0.39, 0.29) is 31.0 Å². The highest BCUT2D eigenvalue weighted by Crippen LogP contribution is 2.20. The fourth-order valence-corrected chi connectivity index (χ4v) is 4.77. The molecule has 3 aromatic carbocycles. The summed E-state index contributed by atoms with van der Waals surface area (Å²) in [4.78, 5) is 28.9. The number of hydrogen-bond acceptors (Lipinski definition) is 5. The van der Waals surface area contributed by atoms with E-state index in [1.54, 1.807) is 7.11 Å². The van der Waals surface area contributed by atoms with Gasteiger partial charge in [-0.05, 0) is 66.6 Å². The number of methoxy groups -OCH3 is 1. The Hall–Kier alpha value is -4.77. The lowest BCUT2D eigenvalue weighted by Gasteiger charge is -2.20. The number of para-hydroxylation sites is 2. The summed E-state index contributed by atoms with van der Waals surface area (Å²) in [7, 11) is 1.62. The van der Waals surface area contributed by atoms with Gasteiger partial charge >= 0.3 is 0 Å². The minimum Gasteiger partial charge on any atom is -0.496 e.